The highest BCUT2D eigenvalue weighted by Crippen LogP contribution is 2.49. The Morgan fingerprint density at radius 1 is 0.872 bits per heavy atom. The molecule has 3 heterocycles. The maximum Gasteiger partial charge on any atom is 0.312 e. The quantitative estimate of drug-likeness (QED) is 0.204. The number of ketones is 1. The Balaban J connectivity index is 1.48. The Kier molecular flexibility index (Phi) is 5.83. The molecular formula is C30H22O9. The number of ether oxygens (including phenoxy) is 5. The summed E-state index contributed by atoms with van der Waals surface area (Å²) in [4.78, 5) is 39.4. The third-order valence-electron chi connectivity index (χ3n) is 6.88. The number of para-hydroxylation sites is 1. The molecule has 196 valence electrons. The fraction of sp³-hybridized carbons (Fsp3) is 0.167. The normalized spacial score (nSPS) is 16.9. The van der Waals surface area contributed by atoms with Gasteiger partial charge in [-0.2, -0.15) is 0 Å². The van der Waals surface area contributed by atoms with Crippen LogP contribution in [-0.4, -0.2) is 33.1 Å². The zero-order valence-electron chi connectivity index (χ0n) is 21.2. The number of hydrogen-bond donors (Lipinski definition) is 0. The van der Waals surface area contributed by atoms with Crippen LogP contribution in [-0.2, 0) is 4.79 Å². The predicted molar refractivity (Wildman–Crippen MR) is 140 cm³/mol. The lowest BCUT2D eigenvalue weighted by Gasteiger charge is -2.25. The molecule has 3 aromatic carbocycles. The van der Waals surface area contributed by atoms with E-state index in [9.17, 15) is 14.4 Å². The van der Waals surface area contributed by atoms with E-state index in [1.165, 1.54) is 27.6 Å². The molecule has 1 aromatic heterocycles. The molecule has 0 aliphatic carbocycles. The van der Waals surface area contributed by atoms with Crippen molar-refractivity contribution in [3.05, 3.63) is 93.0 Å². The maximum atomic E-state index is 13.4. The third-order valence-corrected chi connectivity index (χ3v) is 6.88. The van der Waals surface area contributed by atoms with Crippen molar-refractivity contribution in [1.82, 2.24) is 0 Å². The van der Waals surface area contributed by atoms with Crippen LogP contribution in [0.5, 0.6) is 28.7 Å². The minimum Gasteiger partial charge on any atom is -0.496 e. The lowest BCUT2D eigenvalue weighted by Crippen LogP contribution is -2.25. The van der Waals surface area contributed by atoms with Crippen LogP contribution in [0.4, 0.5) is 0 Å². The van der Waals surface area contributed by atoms with Gasteiger partial charge in [-0.15, -0.1) is 0 Å². The molecule has 1 atom stereocenters. The standard InChI is InChI=1S/C30H22O9/c1-34-22-13-24(36-3)23(35-2)10-15(22)11-25-29(33)17-8-9-21-27(30(17)39-25)18(12-26(31)38-21)19-14-37-20-7-5-4-6-16(20)28(19)32/h4-11,13-14,18H,12H2,1-3H3/b25-11-/t18-/m1/s1. The second-order valence-corrected chi connectivity index (χ2v) is 8.99. The number of carbonyl (C=O) groups is 2. The Hall–Kier alpha value is -5.05. The first kappa shape index (κ1) is 24.3. The first-order chi connectivity index (χ1) is 18.9. The lowest BCUT2D eigenvalue weighted by molar-refractivity contribution is -0.135. The Morgan fingerprint density at radius 3 is 2.38 bits per heavy atom. The molecule has 0 amide bonds. The van der Waals surface area contributed by atoms with E-state index in [2.05, 4.69) is 0 Å². The number of fused-ring (bicyclic) bond motifs is 4. The summed E-state index contributed by atoms with van der Waals surface area (Å²) in [5, 5.41) is 0.390. The largest absolute Gasteiger partial charge is 0.496 e. The fourth-order valence-corrected chi connectivity index (χ4v) is 5.01. The van der Waals surface area contributed by atoms with Crippen molar-refractivity contribution >= 4 is 28.8 Å². The number of carbonyl (C=O) groups excluding carboxylic acids is 2. The smallest absolute Gasteiger partial charge is 0.312 e. The molecule has 0 saturated carbocycles. The van der Waals surface area contributed by atoms with Crippen LogP contribution in [0.1, 0.15) is 39.4 Å². The monoisotopic (exact) mass is 526 g/mol. The summed E-state index contributed by atoms with van der Waals surface area (Å²) in [6.45, 7) is 0. The van der Waals surface area contributed by atoms with Crippen molar-refractivity contribution in [1.29, 1.82) is 0 Å². The Bertz CT molecular complexity index is 1760. The van der Waals surface area contributed by atoms with Crippen molar-refractivity contribution in [2.24, 2.45) is 0 Å². The summed E-state index contributed by atoms with van der Waals surface area (Å²) in [6.07, 6.45) is 2.79. The van der Waals surface area contributed by atoms with Gasteiger partial charge in [-0.1, -0.05) is 12.1 Å². The van der Waals surface area contributed by atoms with Gasteiger partial charge in [0.25, 0.3) is 0 Å². The first-order valence-electron chi connectivity index (χ1n) is 12.1. The van der Waals surface area contributed by atoms with Crippen LogP contribution < -0.4 is 29.1 Å². The van der Waals surface area contributed by atoms with Crippen molar-refractivity contribution < 1.29 is 37.7 Å². The summed E-state index contributed by atoms with van der Waals surface area (Å²) in [7, 11) is 4.52. The number of esters is 1. The van der Waals surface area contributed by atoms with Crippen LogP contribution in [0.15, 0.2) is 69.8 Å². The van der Waals surface area contributed by atoms with Crippen LogP contribution in [0, 0.1) is 0 Å². The van der Waals surface area contributed by atoms with Gasteiger partial charge in [0, 0.05) is 28.7 Å². The van der Waals surface area contributed by atoms with Gasteiger partial charge in [0.2, 0.25) is 5.78 Å². The topological polar surface area (TPSA) is 110 Å². The van der Waals surface area contributed by atoms with Gasteiger partial charge in [0.1, 0.15) is 22.8 Å². The minimum atomic E-state index is -0.736. The summed E-state index contributed by atoms with van der Waals surface area (Å²) in [5.74, 6) is 0.224. The van der Waals surface area contributed by atoms with Gasteiger partial charge < -0.3 is 28.1 Å². The van der Waals surface area contributed by atoms with Crippen molar-refractivity contribution in [3.8, 4) is 28.7 Å². The molecule has 39 heavy (non-hydrogen) atoms. The summed E-state index contributed by atoms with van der Waals surface area (Å²) < 4.78 is 33.6. The number of methoxy groups -OCH3 is 3. The second-order valence-electron chi connectivity index (χ2n) is 8.99. The van der Waals surface area contributed by atoms with Gasteiger partial charge in [-0.05, 0) is 36.4 Å². The van der Waals surface area contributed by atoms with E-state index in [1.54, 1.807) is 54.6 Å². The molecule has 0 N–H and O–H groups in total. The molecule has 9 heteroatoms. The van der Waals surface area contributed by atoms with Crippen LogP contribution >= 0.6 is 0 Å². The van der Waals surface area contributed by atoms with E-state index < -0.39 is 11.9 Å². The molecule has 2 aliphatic heterocycles. The van der Waals surface area contributed by atoms with Gasteiger partial charge in [0.15, 0.2) is 22.7 Å². The average molecular weight is 526 g/mol. The zero-order chi connectivity index (χ0) is 27.3. The lowest BCUT2D eigenvalue weighted by atomic mass is 9.85. The van der Waals surface area contributed by atoms with E-state index >= 15 is 0 Å². The highest BCUT2D eigenvalue weighted by molar-refractivity contribution is 6.15. The molecule has 4 aromatic rings. The van der Waals surface area contributed by atoms with Crippen LogP contribution in [0.2, 0.25) is 0 Å². The number of rotatable bonds is 5. The van der Waals surface area contributed by atoms with Gasteiger partial charge in [-0.25, -0.2) is 0 Å². The Morgan fingerprint density at radius 2 is 1.62 bits per heavy atom. The SMILES string of the molecule is COc1cc(OC)c(OC)cc1/C=C1\Oc2c(ccc3c2[C@@H](c2coc4ccccc4c2=O)CC(=O)O3)C1=O. The molecular weight excluding hydrogens is 504 g/mol. The molecule has 9 nitrogen and oxygen atoms in total. The van der Waals surface area contributed by atoms with Gasteiger partial charge >= 0.3 is 5.97 Å². The predicted octanol–water partition coefficient (Wildman–Crippen LogP) is 4.88. The van der Waals surface area contributed by atoms with Crippen LogP contribution in [0.25, 0.3) is 17.0 Å². The molecule has 0 bridgehead atoms. The van der Waals surface area contributed by atoms with Crippen LogP contribution in [0.3, 0.4) is 0 Å². The van der Waals surface area contributed by atoms with Crippen molar-refractivity contribution in [2.45, 2.75) is 12.3 Å². The minimum absolute atomic E-state index is 0.0325. The molecule has 2 aliphatic rings. The molecule has 0 saturated heterocycles. The van der Waals surface area contributed by atoms with E-state index in [0.29, 0.717) is 39.3 Å². The molecule has 0 fully saturated rings. The molecule has 0 unspecified atom stereocenters. The fourth-order valence-electron chi connectivity index (χ4n) is 5.01. The molecule has 6 rings (SSSR count). The third kappa shape index (κ3) is 3.90. The van der Waals surface area contributed by atoms with E-state index in [4.69, 9.17) is 28.1 Å². The maximum absolute atomic E-state index is 13.4. The van der Waals surface area contributed by atoms with Crippen molar-refractivity contribution in [2.75, 3.05) is 21.3 Å². The number of benzene rings is 3. The van der Waals surface area contributed by atoms with Gasteiger partial charge in [0.05, 0.1) is 45.0 Å². The van der Waals surface area contributed by atoms with E-state index in [0.717, 1.165) is 0 Å². The summed E-state index contributed by atoms with van der Waals surface area (Å²) >= 11 is 0. The van der Waals surface area contributed by atoms with E-state index in [1.807, 2.05) is 0 Å². The summed E-state index contributed by atoms with van der Waals surface area (Å²) in [6, 6.07) is 13.3. The highest BCUT2D eigenvalue weighted by atomic mass is 16.5. The molecule has 0 radical (unpaired) electrons. The second kappa shape index (κ2) is 9.36. The summed E-state index contributed by atoms with van der Waals surface area (Å²) in [5.41, 5.74) is 1.69. The highest BCUT2D eigenvalue weighted by Gasteiger charge is 2.39. The Labute approximate surface area is 222 Å². The molecule has 0 spiro atoms. The van der Waals surface area contributed by atoms with E-state index in [-0.39, 0.29) is 46.0 Å². The number of allylic oxidation sites excluding steroid dienone is 1. The number of Topliss-reactive ketones (excluding diaryl/α,β-unsaturated/α-hetero) is 1. The van der Waals surface area contributed by atoms with Gasteiger partial charge in [-0.3, -0.25) is 14.4 Å². The van der Waals surface area contributed by atoms with Crippen molar-refractivity contribution in [3.63, 3.8) is 0 Å². The number of hydrogen-bond acceptors (Lipinski definition) is 9. The average Bonchev–Trinajstić information content (AvgIpc) is 3.27. The zero-order valence-corrected chi connectivity index (χ0v) is 21.2. The first-order valence-corrected chi connectivity index (χ1v) is 12.1.